The van der Waals surface area contributed by atoms with Crippen molar-refractivity contribution in [3.05, 3.63) is 34.9 Å². The third-order valence-electron chi connectivity index (χ3n) is 6.12. The van der Waals surface area contributed by atoms with Gasteiger partial charge in [-0.2, -0.15) is 0 Å². The number of piperidine rings is 2. The highest BCUT2D eigenvalue weighted by atomic mass is 16.2. The van der Waals surface area contributed by atoms with Crippen molar-refractivity contribution >= 4 is 23.6 Å². The van der Waals surface area contributed by atoms with E-state index in [1.807, 2.05) is 6.07 Å². The van der Waals surface area contributed by atoms with Gasteiger partial charge in [-0.15, -0.1) is 0 Å². The van der Waals surface area contributed by atoms with Crippen molar-refractivity contribution in [2.24, 2.45) is 0 Å². The van der Waals surface area contributed by atoms with E-state index < -0.39 is 23.8 Å². The summed E-state index contributed by atoms with van der Waals surface area (Å²) in [4.78, 5) is 52.7. The van der Waals surface area contributed by atoms with Crippen LogP contribution >= 0.6 is 0 Å². The maximum Gasteiger partial charge on any atom is 0.262 e. The topological polar surface area (TPSA) is 98.8 Å². The predicted octanol–water partition coefficient (Wildman–Crippen LogP) is 0.662. The number of carbonyl (C=O) groups is 4. The third kappa shape index (κ3) is 3.70. The standard InChI is InChI=1S/C21H26N4O4/c1-2-24(14-7-9-22-10-8-14)12-13-3-4-15-16(11-13)21(29)25(20(15)28)17-5-6-18(26)23-19(17)27/h3-4,11,14,17,22H,2,5-10,12H2,1H3,(H,23,26,27). The van der Waals surface area contributed by atoms with Crippen LogP contribution in [0.4, 0.5) is 0 Å². The molecule has 4 amide bonds. The first-order valence-electron chi connectivity index (χ1n) is 10.3. The molecule has 154 valence electrons. The van der Waals surface area contributed by atoms with Gasteiger partial charge in [0.05, 0.1) is 11.1 Å². The van der Waals surface area contributed by atoms with Crippen LogP contribution in [0.3, 0.4) is 0 Å². The fraction of sp³-hybridized carbons (Fsp3) is 0.524. The lowest BCUT2D eigenvalue weighted by Crippen LogP contribution is -2.54. The summed E-state index contributed by atoms with van der Waals surface area (Å²) in [7, 11) is 0. The van der Waals surface area contributed by atoms with Gasteiger partial charge in [0.1, 0.15) is 6.04 Å². The number of fused-ring (bicyclic) bond motifs is 1. The number of hydrogen-bond donors (Lipinski definition) is 2. The second-order valence-electron chi connectivity index (χ2n) is 7.87. The molecule has 4 rings (SSSR count). The Balaban J connectivity index is 1.53. The highest BCUT2D eigenvalue weighted by Crippen LogP contribution is 2.29. The van der Waals surface area contributed by atoms with Crippen LogP contribution in [0.15, 0.2) is 18.2 Å². The molecule has 1 unspecified atom stereocenters. The number of hydrogen-bond acceptors (Lipinski definition) is 6. The van der Waals surface area contributed by atoms with E-state index in [1.54, 1.807) is 12.1 Å². The molecule has 3 heterocycles. The van der Waals surface area contributed by atoms with Crippen molar-refractivity contribution in [1.29, 1.82) is 0 Å². The summed E-state index contributed by atoms with van der Waals surface area (Å²) in [6.07, 6.45) is 2.48. The Hall–Kier alpha value is -2.58. The highest BCUT2D eigenvalue weighted by Gasteiger charge is 2.44. The van der Waals surface area contributed by atoms with Crippen molar-refractivity contribution in [2.45, 2.75) is 51.2 Å². The summed E-state index contributed by atoms with van der Waals surface area (Å²) < 4.78 is 0. The van der Waals surface area contributed by atoms with Crippen LogP contribution in [0.1, 0.15) is 58.9 Å². The molecule has 8 nitrogen and oxygen atoms in total. The lowest BCUT2D eigenvalue weighted by Gasteiger charge is -2.34. The fourth-order valence-electron chi connectivity index (χ4n) is 4.52. The highest BCUT2D eigenvalue weighted by molar-refractivity contribution is 6.23. The lowest BCUT2D eigenvalue weighted by molar-refractivity contribution is -0.136. The molecule has 8 heteroatoms. The Morgan fingerprint density at radius 2 is 1.76 bits per heavy atom. The number of amides is 4. The van der Waals surface area contributed by atoms with Gasteiger partial charge in [0, 0.05) is 19.0 Å². The molecule has 0 aromatic heterocycles. The molecular formula is C21H26N4O4. The second-order valence-corrected chi connectivity index (χ2v) is 7.87. The van der Waals surface area contributed by atoms with Gasteiger partial charge in [-0.05, 0) is 56.6 Å². The summed E-state index contributed by atoms with van der Waals surface area (Å²) in [5, 5.41) is 5.60. The molecule has 2 N–H and O–H groups in total. The van der Waals surface area contributed by atoms with E-state index >= 15 is 0 Å². The first kappa shape index (κ1) is 19.7. The Morgan fingerprint density at radius 3 is 2.45 bits per heavy atom. The molecule has 0 bridgehead atoms. The fourth-order valence-corrected chi connectivity index (χ4v) is 4.52. The van der Waals surface area contributed by atoms with E-state index in [-0.39, 0.29) is 18.7 Å². The Bertz CT molecular complexity index is 862. The molecule has 29 heavy (non-hydrogen) atoms. The molecule has 1 aromatic carbocycles. The average Bonchev–Trinajstić information content (AvgIpc) is 2.97. The van der Waals surface area contributed by atoms with Crippen molar-refractivity contribution in [1.82, 2.24) is 20.4 Å². The van der Waals surface area contributed by atoms with Gasteiger partial charge in [0.25, 0.3) is 11.8 Å². The number of rotatable bonds is 5. The van der Waals surface area contributed by atoms with E-state index in [0.29, 0.717) is 23.7 Å². The molecule has 2 fully saturated rings. The van der Waals surface area contributed by atoms with E-state index in [9.17, 15) is 19.2 Å². The van der Waals surface area contributed by atoms with Gasteiger partial charge in [-0.25, -0.2) is 0 Å². The number of nitrogens with zero attached hydrogens (tertiary/aromatic N) is 2. The maximum absolute atomic E-state index is 13.0. The van der Waals surface area contributed by atoms with Crippen LogP contribution < -0.4 is 10.6 Å². The molecule has 0 radical (unpaired) electrons. The molecule has 0 spiro atoms. The van der Waals surface area contributed by atoms with Crippen LogP contribution in [0.5, 0.6) is 0 Å². The quantitative estimate of drug-likeness (QED) is 0.707. The van der Waals surface area contributed by atoms with Gasteiger partial charge in [-0.1, -0.05) is 13.0 Å². The largest absolute Gasteiger partial charge is 0.317 e. The number of imide groups is 2. The van der Waals surface area contributed by atoms with Gasteiger partial charge in [0.2, 0.25) is 11.8 Å². The SMILES string of the molecule is CCN(Cc1ccc2c(c1)C(=O)N(C1CCC(=O)NC1=O)C2=O)C1CCNCC1. The van der Waals surface area contributed by atoms with Crippen LogP contribution in [0.25, 0.3) is 0 Å². The van der Waals surface area contributed by atoms with Crippen molar-refractivity contribution < 1.29 is 19.2 Å². The summed E-state index contributed by atoms with van der Waals surface area (Å²) in [6, 6.07) is 4.94. The molecular weight excluding hydrogens is 372 g/mol. The van der Waals surface area contributed by atoms with Crippen molar-refractivity contribution in [3.63, 3.8) is 0 Å². The Kier molecular flexibility index (Phi) is 5.47. The Morgan fingerprint density at radius 1 is 1.03 bits per heavy atom. The maximum atomic E-state index is 13.0. The second kappa shape index (κ2) is 8.04. The first-order valence-corrected chi connectivity index (χ1v) is 10.3. The van der Waals surface area contributed by atoms with Gasteiger partial charge >= 0.3 is 0 Å². The van der Waals surface area contributed by atoms with Crippen LogP contribution in [0.2, 0.25) is 0 Å². The molecule has 1 atom stereocenters. The smallest absolute Gasteiger partial charge is 0.262 e. The monoisotopic (exact) mass is 398 g/mol. The van der Waals surface area contributed by atoms with Gasteiger partial charge < -0.3 is 5.32 Å². The van der Waals surface area contributed by atoms with Gasteiger partial charge in [0.15, 0.2) is 0 Å². The van der Waals surface area contributed by atoms with E-state index in [2.05, 4.69) is 22.5 Å². The lowest BCUT2D eigenvalue weighted by atomic mass is 10.0. The summed E-state index contributed by atoms with van der Waals surface area (Å²) in [5.74, 6) is -1.87. The normalized spacial score (nSPS) is 23.0. The van der Waals surface area contributed by atoms with Crippen LogP contribution in [-0.4, -0.2) is 65.1 Å². The molecule has 1 aromatic rings. The minimum absolute atomic E-state index is 0.122. The average molecular weight is 398 g/mol. The molecule has 0 saturated carbocycles. The predicted molar refractivity (Wildman–Crippen MR) is 105 cm³/mol. The summed E-state index contributed by atoms with van der Waals surface area (Å²) in [5.41, 5.74) is 1.65. The van der Waals surface area contributed by atoms with E-state index in [1.165, 1.54) is 0 Å². The van der Waals surface area contributed by atoms with E-state index in [0.717, 1.165) is 42.9 Å². The molecule has 2 saturated heterocycles. The zero-order valence-corrected chi connectivity index (χ0v) is 16.6. The van der Waals surface area contributed by atoms with Crippen LogP contribution in [-0.2, 0) is 16.1 Å². The Labute approximate surface area is 169 Å². The minimum Gasteiger partial charge on any atom is -0.317 e. The summed E-state index contributed by atoms with van der Waals surface area (Å²) in [6.45, 7) is 5.79. The first-order chi connectivity index (χ1) is 14.0. The zero-order valence-electron chi connectivity index (χ0n) is 16.6. The van der Waals surface area contributed by atoms with Crippen molar-refractivity contribution in [3.8, 4) is 0 Å². The molecule has 3 aliphatic heterocycles. The number of nitrogens with one attached hydrogen (secondary N) is 2. The number of carbonyl (C=O) groups excluding carboxylic acids is 4. The van der Waals surface area contributed by atoms with E-state index in [4.69, 9.17) is 0 Å². The minimum atomic E-state index is -0.926. The molecule has 3 aliphatic rings. The number of benzene rings is 1. The summed E-state index contributed by atoms with van der Waals surface area (Å²) >= 11 is 0. The third-order valence-corrected chi connectivity index (χ3v) is 6.12. The van der Waals surface area contributed by atoms with Gasteiger partial charge in [-0.3, -0.25) is 34.3 Å². The van der Waals surface area contributed by atoms with Crippen molar-refractivity contribution in [2.75, 3.05) is 19.6 Å². The zero-order chi connectivity index (χ0) is 20.5. The van der Waals surface area contributed by atoms with Crippen LogP contribution in [0, 0.1) is 0 Å². The molecule has 0 aliphatic carbocycles.